The van der Waals surface area contributed by atoms with Crippen molar-refractivity contribution in [2.24, 2.45) is 0 Å². The average Bonchev–Trinajstić information content (AvgIpc) is 3.05. The lowest BCUT2D eigenvalue weighted by atomic mass is 9.98. The molecule has 1 saturated heterocycles. The molecule has 1 fully saturated rings. The van der Waals surface area contributed by atoms with Gasteiger partial charge in [0.1, 0.15) is 5.58 Å². The zero-order valence-corrected chi connectivity index (χ0v) is 18.0. The summed E-state index contributed by atoms with van der Waals surface area (Å²) < 4.78 is 11.4. The molecule has 6 nitrogen and oxygen atoms in total. The molecule has 0 spiro atoms. The number of morpholine rings is 1. The van der Waals surface area contributed by atoms with Gasteiger partial charge in [-0.05, 0) is 36.8 Å². The third-order valence-electron chi connectivity index (χ3n) is 6.05. The summed E-state index contributed by atoms with van der Waals surface area (Å²) in [5.74, 6) is -0.124. The fourth-order valence-corrected chi connectivity index (χ4v) is 4.66. The Balaban J connectivity index is 1.61. The van der Waals surface area contributed by atoms with Crippen LogP contribution < -0.4 is 5.43 Å². The molecule has 0 N–H and O–H groups in total. The molecule has 0 aliphatic carbocycles. The molecule has 0 bridgehead atoms. The Kier molecular flexibility index (Phi) is 5.30. The van der Waals surface area contributed by atoms with Gasteiger partial charge < -0.3 is 14.1 Å². The van der Waals surface area contributed by atoms with Crippen molar-refractivity contribution in [1.82, 2.24) is 9.80 Å². The van der Waals surface area contributed by atoms with Gasteiger partial charge in [0.05, 0.1) is 30.2 Å². The average molecular weight is 439 g/mol. The van der Waals surface area contributed by atoms with Crippen molar-refractivity contribution in [1.29, 1.82) is 0 Å². The first-order valence-corrected chi connectivity index (χ1v) is 10.8. The summed E-state index contributed by atoms with van der Waals surface area (Å²) in [7, 11) is 0. The Morgan fingerprint density at radius 2 is 1.87 bits per heavy atom. The van der Waals surface area contributed by atoms with E-state index >= 15 is 0 Å². The molecule has 5 rings (SSSR count). The third kappa shape index (κ3) is 3.65. The van der Waals surface area contributed by atoms with Crippen LogP contribution in [0.25, 0.3) is 11.0 Å². The van der Waals surface area contributed by atoms with Gasteiger partial charge in [-0.2, -0.15) is 0 Å². The minimum absolute atomic E-state index is 0.133. The molecule has 3 heterocycles. The van der Waals surface area contributed by atoms with Gasteiger partial charge in [-0.1, -0.05) is 35.4 Å². The van der Waals surface area contributed by atoms with Gasteiger partial charge in [-0.25, -0.2) is 0 Å². The molecule has 2 aliphatic rings. The SMILES string of the molecule is Cc1ccc2oc3c(c(=O)c2c1)C(c1cccc(Cl)c1)N(CCN1CCOCC1)C3=O. The quantitative estimate of drug-likeness (QED) is 0.622. The van der Waals surface area contributed by atoms with Crippen LogP contribution in [-0.2, 0) is 4.74 Å². The number of fused-ring (bicyclic) bond motifs is 2. The summed E-state index contributed by atoms with van der Waals surface area (Å²) in [5, 5.41) is 1.06. The molecular formula is C24H23ClN2O4. The smallest absolute Gasteiger partial charge is 0.290 e. The number of carbonyl (C=O) groups excluding carboxylic acids is 1. The molecule has 7 heteroatoms. The lowest BCUT2D eigenvalue weighted by Crippen LogP contribution is -2.42. The van der Waals surface area contributed by atoms with E-state index in [1.807, 2.05) is 37.3 Å². The second kappa shape index (κ2) is 8.11. The van der Waals surface area contributed by atoms with Crippen LogP contribution in [0.2, 0.25) is 5.02 Å². The van der Waals surface area contributed by atoms with Gasteiger partial charge in [-0.3, -0.25) is 14.5 Å². The topological polar surface area (TPSA) is 63.0 Å². The molecule has 1 amide bonds. The molecule has 2 aliphatic heterocycles. The van der Waals surface area contributed by atoms with E-state index in [9.17, 15) is 9.59 Å². The maximum atomic E-state index is 13.5. The molecule has 160 valence electrons. The molecule has 0 saturated carbocycles. The van der Waals surface area contributed by atoms with Crippen LogP contribution in [-0.4, -0.2) is 55.1 Å². The van der Waals surface area contributed by atoms with Gasteiger partial charge in [0.25, 0.3) is 5.91 Å². The van der Waals surface area contributed by atoms with E-state index in [1.165, 1.54) is 0 Å². The molecule has 3 aromatic rings. The van der Waals surface area contributed by atoms with E-state index in [4.69, 9.17) is 20.8 Å². The van der Waals surface area contributed by atoms with E-state index in [0.717, 1.165) is 24.2 Å². The monoisotopic (exact) mass is 438 g/mol. The van der Waals surface area contributed by atoms with E-state index in [-0.39, 0.29) is 17.1 Å². The van der Waals surface area contributed by atoms with Crippen molar-refractivity contribution in [3.8, 4) is 0 Å². The Hall–Kier alpha value is -2.67. The Labute approximate surface area is 185 Å². The summed E-state index contributed by atoms with van der Waals surface area (Å²) in [5.41, 5.74) is 2.44. The van der Waals surface area contributed by atoms with Crippen molar-refractivity contribution in [2.75, 3.05) is 39.4 Å². The summed E-state index contributed by atoms with van der Waals surface area (Å²) in [6.07, 6.45) is 0. The van der Waals surface area contributed by atoms with Crippen LogP contribution >= 0.6 is 11.6 Å². The number of rotatable bonds is 4. The molecule has 2 aromatic carbocycles. The number of hydrogen-bond acceptors (Lipinski definition) is 5. The third-order valence-corrected chi connectivity index (χ3v) is 6.28. The predicted octanol–water partition coefficient (Wildman–Crippen LogP) is 3.63. The first kappa shape index (κ1) is 20.2. The summed E-state index contributed by atoms with van der Waals surface area (Å²) >= 11 is 6.26. The van der Waals surface area contributed by atoms with Gasteiger partial charge >= 0.3 is 0 Å². The summed E-state index contributed by atoms with van der Waals surface area (Å²) in [6.45, 7) is 6.16. The van der Waals surface area contributed by atoms with Gasteiger partial charge in [0.2, 0.25) is 5.76 Å². The van der Waals surface area contributed by atoms with Crippen LogP contribution in [0.3, 0.4) is 0 Å². The summed E-state index contributed by atoms with van der Waals surface area (Å²) in [6, 6.07) is 12.3. The number of carbonyl (C=O) groups is 1. The Morgan fingerprint density at radius 3 is 2.65 bits per heavy atom. The zero-order valence-electron chi connectivity index (χ0n) is 17.3. The van der Waals surface area contributed by atoms with Crippen molar-refractivity contribution in [3.05, 3.63) is 80.2 Å². The lowest BCUT2D eigenvalue weighted by Gasteiger charge is -2.31. The number of nitrogens with zero attached hydrogens (tertiary/aromatic N) is 2. The molecule has 31 heavy (non-hydrogen) atoms. The number of amides is 1. The lowest BCUT2D eigenvalue weighted by molar-refractivity contribution is 0.0314. The fourth-order valence-electron chi connectivity index (χ4n) is 4.46. The van der Waals surface area contributed by atoms with Crippen molar-refractivity contribution in [3.63, 3.8) is 0 Å². The first-order chi connectivity index (χ1) is 15.0. The van der Waals surface area contributed by atoms with Crippen LogP contribution in [0, 0.1) is 6.92 Å². The van der Waals surface area contributed by atoms with E-state index < -0.39 is 6.04 Å². The zero-order chi connectivity index (χ0) is 21.5. The van der Waals surface area contributed by atoms with Crippen LogP contribution in [0.5, 0.6) is 0 Å². The number of ether oxygens (including phenoxy) is 1. The summed E-state index contributed by atoms with van der Waals surface area (Å²) in [4.78, 5) is 31.0. The van der Waals surface area contributed by atoms with Crippen molar-refractivity contribution < 1.29 is 13.9 Å². The highest BCUT2D eigenvalue weighted by Gasteiger charge is 2.42. The minimum Gasteiger partial charge on any atom is -0.450 e. The molecule has 1 aromatic heterocycles. The molecule has 1 unspecified atom stereocenters. The molecule has 0 radical (unpaired) electrons. The van der Waals surface area contributed by atoms with E-state index in [0.29, 0.717) is 47.9 Å². The van der Waals surface area contributed by atoms with Gasteiger partial charge in [-0.15, -0.1) is 0 Å². The first-order valence-electron chi connectivity index (χ1n) is 10.5. The van der Waals surface area contributed by atoms with E-state index in [2.05, 4.69) is 4.90 Å². The predicted molar refractivity (Wildman–Crippen MR) is 119 cm³/mol. The highest BCUT2D eigenvalue weighted by Crippen LogP contribution is 2.38. The number of benzene rings is 2. The minimum atomic E-state index is -0.525. The van der Waals surface area contributed by atoms with Crippen LogP contribution in [0.4, 0.5) is 0 Å². The highest BCUT2D eigenvalue weighted by atomic mass is 35.5. The Morgan fingerprint density at radius 1 is 1.06 bits per heavy atom. The van der Waals surface area contributed by atoms with Crippen molar-refractivity contribution >= 4 is 28.5 Å². The second-order valence-electron chi connectivity index (χ2n) is 8.08. The largest absolute Gasteiger partial charge is 0.450 e. The highest BCUT2D eigenvalue weighted by molar-refractivity contribution is 6.30. The molecular weight excluding hydrogens is 416 g/mol. The number of aryl methyl sites for hydroxylation is 1. The van der Waals surface area contributed by atoms with Crippen LogP contribution in [0.15, 0.2) is 51.7 Å². The van der Waals surface area contributed by atoms with Gasteiger partial charge in [0, 0.05) is 31.2 Å². The number of halogens is 1. The van der Waals surface area contributed by atoms with E-state index in [1.54, 1.807) is 17.0 Å². The maximum Gasteiger partial charge on any atom is 0.290 e. The van der Waals surface area contributed by atoms with Crippen LogP contribution in [0.1, 0.15) is 33.3 Å². The number of hydrogen-bond donors (Lipinski definition) is 0. The molecule has 1 atom stereocenters. The fraction of sp³-hybridized carbons (Fsp3) is 0.333. The van der Waals surface area contributed by atoms with Crippen molar-refractivity contribution in [2.45, 2.75) is 13.0 Å². The van der Waals surface area contributed by atoms with Gasteiger partial charge in [0.15, 0.2) is 5.43 Å². The maximum absolute atomic E-state index is 13.5. The standard InChI is InChI=1S/C24H23ClN2O4/c1-15-5-6-19-18(13-15)22(28)20-21(16-3-2-4-17(25)14-16)27(24(29)23(20)31-19)8-7-26-9-11-30-12-10-26/h2-6,13-14,21H,7-12H2,1H3. The normalized spacial score (nSPS) is 19.2. The second-order valence-corrected chi connectivity index (χ2v) is 8.52. The Bertz CT molecular complexity index is 1220.